The number of hydrogen-bond acceptors (Lipinski definition) is 1. The van der Waals surface area contributed by atoms with Gasteiger partial charge in [0.1, 0.15) is 0 Å². The van der Waals surface area contributed by atoms with Crippen LogP contribution in [-0.4, -0.2) is 24.6 Å². The molecule has 0 aliphatic heterocycles. The highest BCUT2D eigenvalue weighted by atomic mass is 31.2. The summed E-state index contributed by atoms with van der Waals surface area (Å²) in [4.78, 5) is 3.78. The monoisotopic (exact) mass is 193 g/mol. The molecule has 0 rings (SSSR count). The fourth-order valence-electron chi connectivity index (χ4n) is 0.930. The SMILES string of the molecule is CCP(CC)NP(CC)CC. The zero-order valence-electron chi connectivity index (χ0n) is 8.22. The van der Waals surface area contributed by atoms with Crippen molar-refractivity contribution in [3.8, 4) is 0 Å². The first kappa shape index (κ1) is 11.8. The number of rotatable bonds is 6. The van der Waals surface area contributed by atoms with E-state index in [2.05, 4.69) is 32.6 Å². The Morgan fingerprint density at radius 3 is 1.18 bits per heavy atom. The van der Waals surface area contributed by atoms with Gasteiger partial charge in [-0.1, -0.05) is 27.7 Å². The summed E-state index contributed by atoms with van der Waals surface area (Å²) in [5, 5.41) is 0. The summed E-state index contributed by atoms with van der Waals surface area (Å²) in [7, 11) is 0.343. The Hall–Kier alpha value is 0.820. The minimum Gasteiger partial charge on any atom is -0.273 e. The molecule has 0 saturated carbocycles. The molecule has 0 unspecified atom stereocenters. The summed E-state index contributed by atoms with van der Waals surface area (Å²) in [6.07, 6.45) is 5.35. The van der Waals surface area contributed by atoms with Crippen LogP contribution in [0.3, 0.4) is 0 Å². The second-order valence-corrected chi connectivity index (χ2v) is 7.93. The van der Waals surface area contributed by atoms with Crippen LogP contribution in [0.5, 0.6) is 0 Å². The molecule has 0 bridgehead atoms. The Balaban J connectivity index is 3.58. The van der Waals surface area contributed by atoms with Crippen LogP contribution in [-0.2, 0) is 0 Å². The van der Waals surface area contributed by atoms with Crippen molar-refractivity contribution in [2.45, 2.75) is 27.7 Å². The highest BCUT2D eigenvalue weighted by molar-refractivity contribution is 7.70. The molecule has 0 amide bonds. The maximum absolute atomic E-state index is 3.78. The van der Waals surface area contributed by atoms with E-state index in [0.29, 0.717) is 0 Å². The highest BCUT2D eigenvalue weighted by Crippen LogP contribution is 2.42. The van der Waals surface area contributed by atoms with Crippen LogP contribution in [0, 0.1) is 0 Å². The molecule has 11 heavy (non-hydrogen) atoms. The van der Waals surface area contributed by atoms with Gasteiger partial charge in [-0.25, -0.2) is 0 Å². The molecule has 0 aliphatic carbocycles. The molecule has 0 aliphatic rings. The van der Waals surface area contributed by atoms with E-state index in [4.69, 9.17) is 0 Å². The van der Waals surface area contributed by atoms with Crippen molar-refractivity contribution in [1.82, 2.24) is 4.86 Å². The predicted octanol–water partition coefficient (Wildman–Crippen LogP) is 3.45. The van der Waals surface area contributed by atoms with Crippen molar-refractivity contribution in [2.75, 3.05) is 24.6 Å². The van der Waals surface area contributed by atoms with Gasteiger partial charge in [-0.3, -0.25) is 4.86 Å². The third-order valence-corrected chi connectivity index (χ3v) is 7.13. The van der Waals surface area contributed by atoms with Crippen molar-refractivity contribution >= 4 is 16.1 Å². The van der Waals surface area contributed by atoms with Gasteiger partial charge in [0, 0.05) is 0 Å². The van der Waals surface area contributed by atoms with Crippen molar-refractivity contribution in [1.29, 1.82) is 0 Å². The summed E-state index contributed by atoms with van der Waals surface area (Å²) in [5.41, 5.74) is 0. The summed E-state index contributed by atoms with van der Waals surface area (Å²) in [6.45, 7) is 9.17. The normalized spacial score (nSPS) is 11.5. The van der Waals surface area contributed by atoms with Crippen LogP contribution < -0.4 is 4.86 Å². The van der Waals surface area contributed by atoms with E-state index in [1.807, 2.05) is 0 Å². The second kappa shape index (κ2) is 7.47. The van der Waals surface area contributed by atoms with E-state index in [1.165, 1.54) is 24.6 Å². The van der Waals surface area contributed by atoms with Crippen LogP contribution >= 0.6 is 16.1 Å². The van der Waals surface area contributed by atoms with Crippen LogP contribution in [0.2, 0.25) is 0 Å². The Labute approximate surface area is 74.0 Å². The Morgan fingerprint density at radius 1 is 0.727 bits per heavy atom. The predicted molar refractivity (Wildman–Crippen MR) is 59.1 cm³/mol. The molecule has 0 aromatic rings. The smallest absolute Gasteiger partial charge is 0.0221 e. The van der Waals surface area contributed by atoms with E-state index in [-0.39, 0.29) is 16.1 Å². The highest BCUT2D eigenvalue weighted by Gasteiger charge is 2.07. The molecule has 0 spiro atoms. The van der Waals surface area contributed by atoms with Crippen molar-refractivity contribution in [3.05, 3.63) is 0 Å². The molecule has 1 nitrogen and oxygen atoms in total. The quantitative estimate of drug-likeness (QED) is 0.637. The van der Waals surface area contributed by atoms with E-state index < -0.39 is 0 Å². The van der Waals surface area contributed by atoms with Gasteiger partial charge >= 0.3 is 0 Å². The molecule has 0 saturated heterocycles. The van der Waals surface area contributed by atoms with Gasteiger partial charge < -0.3 is 0 Å². The molecule has 3 heteroatoms. The van der Waals surface area contributed by atoms with Crippen molar-refractivity contribution in [3.63, 3.8) is 0 Å². The van der Waals surface area contributed by atoms with Gasteiger partial charge in [-0.15, -0.1) is 0 Å². The average Bonchev–Trinajstić information content (AvgIpc) is 2.07. The Morgan fingerprint density at radius 2 is 1.00 bits per heavy atom. The van der Waals surface area contributed by atoms with Gasteiger partial charge in [0.25, 0.3) is 0 Å². The minimum absolute atomic E-state index is 0.172. The van der Waals surface area contributed by atoms with Gasteiger partial charge in [0.2, 0.25) is 0 Å². The average molecular weight is 193 g/mol. The molecule has 0 radical (unpaired) electrons. The largest absolute Gasteiger partial charge is 0.273 e. The molecular formula is C8H21NP2. The molecular weight excluding hydrogens is 172 g/mol. The van der Waals surface area contributed by atoms with E-state index in [1.54, 1.807) is 0 Å². The van der Waals surface area contributed by atoms with Crippen LogP contribution in [0.1, 0.15) is 27.7 Å². The third-order valence-electron chi connectivity index (χ3n) is 1.81. The zero-order valence-corrected chi connectivity index (χ0v) is 10.0. The topological polar surface area (TPSA) is 12.0 Å². The van der Waals surface area contributed by atoms with Crippen LogP contribution in [0.25, 0.3) is 0 Å². The minimum atomic E-state index is 0.172. The maximum Gasteiger partial charge on any atom is -0.0221 e. The standard InChI is InChI=1S/C8H21NP2/c1-5-10(6-2)9-11(7-3)8-4/h9H,5-8H2,1-4H3. The van der Waals surface area contributed by atoms with Crippen LogP contribution in [0.4, 0.5) is 0 Å². The third kappa shape index (κ3) is 5.12. The first-order valence-electron chi connectivity index (χ1n) is 4.54. The lowest BCUT2D eigenvalue weighted by atomic mass is 11.0. The Bertz CT molecular complexity index is 70.2. The first-order chi connectivity index (χ1) is 5.28. The van der Waals surface area contributed by atoms with E-state index in [0.717, 1.165) is 0 Å². The van der Waals surface area contributed by atoms with Gasteiger partial charge in [0.15, 0.2) is 0 Å². The Kier molecular flexibility index (Phi) is 8.02. The lowest BCUT2D eigenvalue weighted by Gasteiger charge is -2.22. The van der Waals surface area contributed by atoms with Crippen LogP contribution in [0.15, 0.2) is 0 Å². The lowest BCUT2D eigenvalue weighted by Crippen LogP contribution is -2.05. The molecule has 1 N–H and O–H groups in total. The molecule has 0 aromatic heterocycles. The summed E-state index contributed by atoms with van der Waals surface area (Å²) in [5.74, 6) is 0. The van der Waals surface area contributed by atoms with Crippen molar-refractivity contribution in [2.24, 2.45) is 0 Å². The zero-order chi connectivity index (χ0) is 8.69. The molecule has 0 fully saturated rings. The number of hydrogen-bond donors (Lipinski definition) is 1. The van der Waals surface area contributed by atoms with Gasteiger partial charge in [-0.2, -0.15) is 0 Å². The molecule has 0 heterocycles. The summed E-state index contributed by atoms with van der Waals surface area (Å²) >= 11 is 0. The fraction of sp³-hybridized carbons (Fsp3) is 1.00. The first-order valence-corrected chi connectivity index (χ1v) is 7.96. The maximum atomic E-state index is 3.78. The fourth-order valence-corrected chi connectivity index (χ4v) is 5.69. The lowest BCUT2D eigenvalue weighted by molar-refractivity contribution is 1.31. The molecule has 68 valence electrons. The summed E-state index contributed by atoms with van der Waals surface area (Å²) in [6, 6.07) is 0. The summed E-state index contributed by atoms with van der Waals surface area (Å²) < 4.78 is 0. The van der Waals surface area contributed by atoms with E-state index in [9.17, 15) is 0 Å². The molecule has 0 atom stereocenters. The van der Waals surface area contributed by atoms with Gasteiger partial charge in [-0.05, 0) is 40.8 Å². The van der Waals surface area contributed by atoms with Gasteiger partial charge in [0.05, 0.1) is 0 Å². The van der Waals surface area contributed by atoms with E-state index >= 15 is 0 Å². The molecule has 0 aromatic carbocycles. The second-order valence-electron chi connectivity index (χ2n) is 2.44. The number of nitrogens with one attached hydrogen (secondary N) is 1. The van der Waals surface area contributed by atoms with Crippen molar-refractivity contribution < 1.29 is 0 Å².